The summed E-state index contributed by atoms with van der Waals surface area (Å²) in [5, 5.41) is 3.29. The van der Waals surface area contributed by atoms with E-state index in [9.17, 15) is 0 Å². The summed E-state index contributed by atoms with van der Waals surface area (Å²) in [6.07, 6.45) is 9.03. The highest BCUT2D eigenvalue weighted by molar-refractivity contribution is 5.53. The predicted molar refractivity (Wildman–Crippen MR) is 81.3 cm³/mol. The Morgan fingerprint density at radius 1 is 1.35 bits per heavy atom. The molecule has 0 saturated heterocycles. The number of fused-ring (bicyclic) bond motifs is 1. The van der Waals surface area contributed by atoms with Crippen molar-refractivity contribution in [3.63, 3.8) is 0 Å². The summed E-state index contributed by atoms with van der Waals surface area (Å²) >= 11 is 0. The standard InChI is InChI=1S/C15H24N4O/c1-4-6-12(3)11-20-15-14-17-8-9-19(14)10-13(18-15)16-7-5-2/h8-10,12,16H,4-7,11H2,1-3H3. The number of rotatable bonds is 8. The number of aromatic nitrogens is 3. The van der Waals surface area contributed by atoms with Crippen LogP contribution in [0.2, 0.25) is 0 Å². The van der Waals surface area contributed by atoms with Crippen molar-refractivity contribution < 1.29 is 4.74 Å². The molecule has 0 fully saturated rings. The van der Waals surface area contributed by atoms with E-state index in [2.05, 4.69) is 36.1 Å². The van der Waals surface area contributed by atoms with E-state index in [1.165, 1.54) is 12.8 Å². The van der Waals surface area contributed by atoms with Crippen LogP contribution in [0, 0.1) is 5.92 Å². The van der Waals surface area contributed by atoms with E-state index in [0.717, 1.165) is 24.4 Å². The van der Waals surface area contributed by atoms with E-state index >= 15 is 0 Å². The molecule has 110 valence electrons. The van der Waals surface area contributed by atoms with Gasteiger partial charge in [-0.3, -0.25) is 4.40 Å². The molecule has 0 saturated carbocycles. The van der Waals surface area contributed by atoms with Crippen molar-refractivity contribution in [3.05, 3.63) is 18.6 Å². The molecule has 0 radical (unpaired) electrons. The van der Waals surface area contributed by atoms with Crippen LogP contribution < -0.4 is 10.1 Å². The van der Waals surface area contributed by atoms with Gasteiger partial charge in [-0.05, 0) is 18.8 Å². The van der Waals surface area contributed by atoms with Gasteiger partial charge in [0.05, 0.1) is 12.8 Å². The third-order valence-corrected chi connectivity index (χ3v) is 3.19. The lowest BCUT2D eigenvalue weighted by Gasteiger charge is -2.13. The molecule has 2 rings (SSSR count). The normalized spacial score (nSPS) is 12.6. The molecule has 0 aliphatic rings. The van der Waals surface area contributed by atoms with E-state index in [-0.39, 0.29) is 0 Å². The topological polar surface area (TPSA) is 51.5 Å². The molecule has 0 spiro atoms. The second-order valence-corrected chi connectivity index (χ2v) is 5.22. The Labute approximate surface area is 120 Å². The summed E-state index contributed by atoms with van der Waals surface area (Å²) in [4.78, 5) is 8.84. The summed E-state index contributed by atoms with van der Waals surface area (Å²) in [7, 11) is 0. The third-order valence-electron chi connectivity index (χ3n) is 3.19. The highest BCUT2D eigenvalue weighted by Gasteiger charge is 2.10. The molecule has 1 unspecified atom stereocenters. The fourth-order valence-electron chi connectivity index (χ4n) is 2.14. The first kappa shape index (κ1) is 14.6. The van der Waals surface area contributed by atoms with Gasteiger partial charge in [0.25, 0.3) is 5.88 Å². The van der Waals surface area contributed by atoms with Gasteiger partial charge in [0.15, 0.2) is 0 Å². The Hall–Kier alpha value is -1.78. The Bertz CT molecular complexity index is 538. The van der Waals surface area contributed by atoms with Crippen LogP contribution in [0.1, 0.15) is 40.0 Å². The number of nitrogens with zero attached hydrogens (tertiary/aromatic N) is 3. The van der Waals surface area contributed by atoms with Crippen molar-refractivity contribution in [2.75, 3.05) is 18.5 Å². The van der Waals surface area contributed by atoms with Crippen LogP contribution in [0.25, 0.3) is 5.65 Å². The lowest BCUT2D eigenvalue weighted by Crippen LogP contribution is -2.11. The lowest BCUT2D eigenvalue weighted by atomic mass is 10.1. The maximum Gasteiger partial charge on any atom is 0.260 e. The lowest BCUT2D eigenvalue weighted by molar-refractivity contribution is 0.245. The summed E-state index contributed by atoms with van der Waals surface area (Å²) in [6, 6.07) is 0. The van der Waals surface area contributed by atoms with E-state index in [1.807, 2.05) is 16.8 Å². The first-order chi connectivity index (χ1) is 9.74. The molecule has 5 heteroatoms. The van der Waals surface area contributed by atoms with E-state index in [1.54, 1.807) is 6.20 Å². The first-order valence-electron chi connectivity index (χ1n) is 7.45. The third kappa shape index (κ3) is 3.62. The number of hydrogen-bond acceptors (Lipinski definition) is 4. The fourth-order valence-corrected chi connectivity index (χ4v) is 2.14. The summed E-state index contributed by atoms with van der Waals surface area (Å²) in [5.74, 6) is 1.97. The van der Waals surface area contributed by atoms with Gasteiger partial charge in [0.1, 0.15) is 5.82 Å². The molecule has 20 heavy (non-hydrogen) atoms. The number of imidazole rings is 1. The minimum atomic E-state index is 0.532. The molecule has 2 aromatic heterocycles. The van der Waals surface area contributed by atoms with Crippen molar-refractivity contribution in [2.45, 2.75) is 40.0 Å². The Morgan fingerprint density at radius 3 is 2.95 bits per heavy atom. The maximum atomic E-state index is 5.88. The van der Waals surface area contributed by atoms with E-state index < -0.39 is 0 Å². The highest BCUT2D eigenvalue weighted by Crippen LogP contribution is 2.20. The molecule has 0 bridgehead atoms. The summed E-state index contributed by atoms with van der Waals surface area (Å²) in [6.45, 7) is 8.11. The molecule has 5 nitrogen and oxygen atoms in total. The van der Waals surface area contributed by atoms with Crippen LogP contribution in [-0.4, -0.2) is 27.5 Å². The second-order valence-electron chi connectivity index (χ2n) is 5.22. The van der Waals surface area contributed by atoms with Gasteiger partial charge < -0.3 is 10.1 Å². The second kappa shape index (κ2) is 7.12. The van der Waals surface area contributed by atoms with Crippen molar-refractivity contribution in [1.29, 1.82) is 0 Å². The molecule has 0 aliphatic heterocycles. The van der Waals surface area contributed by atoms with Gasteiger partial charge in [-0.25, -0.2) is 4.98 Å². The molecule has 0 aromatic carbocycles. The first-order valence-corrected chi connectivity index (χ1v) is 7.45. The van der Waals surface area contributed by atoms with Crippen molar-refractivity contribution in [1.82, 2.24) is 14.4 Å². The van der Waals surface area contributed by atoms with Crippen LogP contribution in [0.5, 0.6) is 5.88 Å². The summed E-state index contributed by atoms with van der Waals surface area (Å²) < 4.78 is 7.83. The number of nitrogens with one attached hydrogen (secondary N) is 1. The molecule has 2 heterocycles. The van der Waals surface area contributed by atoms with Gasteiger partial charge in [-0.1, -0.05) is 27.2 Å². The van der Waals surface area contributed by atoms with Crippen LogP contribution >= 0.6 is 0 Å². The van der Waals surface area contributed by atoms with E-state index in [4.69, 9.17) is 4.74 Å². The summed E-state index contributed by atoms with van der Waals surface area (Å²) in [5.41, 5.74) is 0.774. The minimum absolute atomic E-state index is 0.532. The monoisotopic (exact) mass is 276 g/mol. The molecule has 1 N–H and O–H groups in total. The smallest absolute Gasteiger partial charge is 0.260 e. The van der Waals surface area contributed by atoms with Gasteiger partial charge in [0, 0.05) is 18.9 Å². The van der Waals surface area contributed by atoms with Crippen molar-refractivity contribution >= 4 is 11.5 Å². The number of ether oxygens (including phenoxy) is 1. The predicted octanol–water partition coefficient (Wildman–Crippen LogP) is 3.37. The van der Waals surface area contributed by atoms with Crippen LogP contribution in [0.3, 0.4) is 0 Å². The zero-order valence-corrected chi connectivity index (χ0v) is 12.6. The average molecular weight is 276 g/mol. The number of hydrogen-bond donors (Lipinski definition) is 1. The molecule has 0 amide bonds. The number of anilines is 1. The fraction of sp³-hybridized carbons (Fsp3) is 0.600. The minimum Gasteiger partial charge on any atom is -0.475 e. The quantitative estimate of drug-likeness (QED) is 0.803. The van der Waals surface area contributed by atoms with Crippen molar-refractivity contribution in [2.24, 2.45) is 5.92 Å². The molecule has 1 atom stereocenters. The van der Waals surface area contributed by atoms with Gasteiger partial charge in [-0.2, -0.15) is 4.98 Å². The van der Waals surface area contributed by atoms with Crippen LogP contribution in [0.15, 0.2) is 18.6 Å². The Balaban J connectivity index is 2.14. The SMILES string of the molecule is CCCNc1cn2ccnc2c(OCC(C)CCC)n1. The molecular formula is C15H24N4O. The average Bonchev–Trinajstić information content (AvgIpc) is 2.91. The largest absolute Gasteiger partial charge is 0.475 e. The van der Waals surface area contributed by atoms with E-state index in [0.29, 0.717) is 18.4 Å². The Morgan fingerprint density at radius 2 is 2.20 bits per heavy atom. The zero-order chi connectivity index (χ0) is 14.4. The molecule has 2 aromatic rings. The van der Waals surface area contributed by atoms with Gasteiger partial charge >= 0.3 is 0 Å². The van der Waals surface area contributed by atoms with Gasteiger partial charge in [0.2, 0.25) is 5.65 Å². The molecule has 0 aliphatic carbocycles. The van der Waals surface area contributed by atoms with Crippen molar-refractivity contribution in [3.8, 4) is 5.88 Å². The van der Waals surface area contributed by atoms with Crippen LogP contribution in [0.4, 0.5) is 5.82 Å². The Kier molecular flexibility index (Phi) is 5.21. The maximum absolute atomic E-state index is 5.88. The van der Waals surface area contributed by atoms with Gasteiger partial charge in [-0.15, -0.1) is 0 Å². The molecular weight excluding hydrogens is 252 g/mol. The van der Waals surface area contributed by atoms with Crippen LogP contribution in [-0.2, 0) is 0 Å². The zero-order valence-electron chi connectivity index (χ0n) is 12.6. The highest BCUT2D eigenvalue weighted by atomic mass is 16.5.